The van der Waals surface area contributed by atoms with Gasteiger partial charge >= 0.3 is 5.97 Å². The van der Waals surface area contributed by atoms with Gasteiger partial charge in [0.2, 0.25) is 0 Å². The quantitative estimate of drug-likeness (QED) is 0.893. The molecule has 0 atom stereocenters. The Labute approximate surface area is 104 Å². The second-order valence-electron chi connectivity index (χ2n) is 3.82. The lowest BCUT2D eigenvalue weighted by Crippen LogP contribution is -2.04. The first-order chi connectivity index (χ1) is 8.16. The van der Waals surface area contributed by atoms with E-state index in [1.807, 2.05) is 6.08 Å². The maximum absolute atomic E-state index is 11.6. The molecule has 1 N–H and O–H groups in total. The van der Waals surface area contributed by atoms with Crippen molar-refractivity contribution >= 4 is 23.5 Å². The number of aromatic carboxylic acids is 1. The van der Waals surface area contributed by atoms with E-state index in [-0.39, 0.29) is 11.3 Å². The molecule has 0 saturated heterocycles. The fourth-order valence-electron chi connectivity index (χ4n) is 1.62. The van der Waals surface area contributed by atoms with Crippen molar-refractivity contribution in [2.45, 2.75) is 24.2 Å². The Bertz CT molecular complexity index is 474. The third kappa shape index (κ3) is 2.97. The van der Waals surface area contributed by atoms with Crippen LogP contribution < -0.4 is 0 Å². The van der Waals surface area contributed by atoms with Crippen LogP contribution in [0.3, 0.4) is 0 Å². The Morgan fingerprint density at radius 2 is 1.94 bits per heavy atom. The lowest BCUT2D eigenvalue weighted by molar-refractivity contribution is -0.115. The maximum Gasteiger partial charge on any atom is 0.335 e. The fourth-order valence-corrected chi connectivity index (χ4v) is 2.57. The van der Waals surface area contributed by atoms with Crippen LogP contribution in [-0.2, 0) is 4.79 Å². The van der Waals surface area contributed by atoms with E-state index >= 15 is 0 Å². The molecule has 0 radical (unpaired) electrons. The summed E-state index contributed by atoms with van der Waals surface area (Å²) in [6, 6.07) is 6.57. The van der Waals surface area contributed by atoms with Crippen LogP contribution in [0.5, 0.6) is 0 Å². The van der Waals surface area contributed by atoms with Crippen LogP contribution in [0, 0.1) is 0 Å². The van der Waals surface area contributed by atoms with E-state index in [0.717, 1.165) is 22.6 Å². The Kier molecular flexibility index (Phi) is 3.64. The van der Waals surface area contributed by atoms with Crippen LogP contribution >= 0.6 is 11.8 Å². The summed E-state index contributed by atoms with van der Waals surface area (Å²) in [6.45, 7) is 0. The van der Waals surface area contributed by atoms with E-state index in [4.69, 9.17) is 5.11 Å². The minimum absolute atomic E-state index is 0.184. The molecule has 0 fully saturated rings. The molecule has 0 amide bonds. The highest BCUT2D eigenvalue weighted by Crippen LogP contribution is 2.31. The van der Waals surface area contributed by atoms with Crippen molar-refractivity contribution < 1.29 is 14.7 Å². The predicted molar refractivity (Wildman–Crippen MR) is 66.2 cm³/mol. The molecule has 0 aliphatic heterocycles. The highest BCUT2D eigenvalue weighted by Gasteiger charge is 2.14. The number of hydrogen-bond acceptors (Lipinski definition) is 3. The largest absolute Gasteiger partial charge is 0.478 e. The normalized spacial score (nSPS) is 15.5. The first-order valence-electron chi connectivity index (χ1n) is 5.41. The fraction of sp³-hybridized carbons (Fsp3) is 0.231. The monoisotopic (exact) mass is 248 g/mol. The Morgan fingerprint density at radius 1 is 1.24 bits per heavy atom. The Morgan fingerprint density at radius 3 is 2.53 bits per heavy atom. The van der Waals surface area contributed by atoms with Crippen molar-refractivity contribution in [2.75, 3.05) is 0 Å². The van der Waals surface area contributed by atoms with Gasteiger partial charge in [-0.25, -0.2) is 4.79 Å². The smallest absolute Gasteiger partial charge is 0.335 e. The molecule has 1 aliphatic carbocycles. The number of benzene rings is 1. The predicted octanol–water partition coefficient (Wildman–Crippen LogP) is 3.11. The Hall–Kier alpha value is -1.55. The standard InChI is InChI=1S/C13H12O3S/c14-11-3-1-2-4-12(11)17-10-7-5-9(6-8-10)13(15)16/h4-8H,1-3H2,(H,15,16). The topological polar surface area (TPSA) is 54.4 Å². The summed E-state index contributed by atoms with van der Waals surface area (Å²) in [5.41, 5.74) is 0.262. The van der Waals surface area contributed by atoms with E-state index in [1.54, 1.807) is 24.3 Å². The van der Waals surface area contributed by atoms with Crippen LogP contribution in [0.25, 0.3) is 0 Å². The van der Waals surface area contributed by atoms with Gasteiger partial charge in [-0.15, -0.1) is 0 Å². The number of thioether (sulfide) groups is 1. The SMILES string of the molecule is O=C1CCCC=C1Sc1ccc(C(=O)O)cc1. The molecule has 4 heteroatoms. The van der Waals surface area contributed by atoms with Crippen LogP contribution in [0.4, 0.5) is 0 Å². The molecule has 0 spiro atoms. The number of carboxylic acids is 1. The molecular formula is C13H12O3S. The van der Waals surface area contributed by atoms with Gasteiger partial charge in [0, 0.05) is 11.3 Å². The number of ketones is 1. The number of allylic oxidation sites excluding steroid dienone is 2. The number of carbonyl (C=O) groups excluding carboxylic acids is 1. The van der Waals surface area contributed by atoms with Crippen molar-refractivity contribution in [3.63, 3.8) is 0 Å². The second kappa shape index (κ2) is 5.19. The number of rotatable bonds is 3. The number of carboxylic acid groups (broad SMARTS) is 1. The molecule has 0 saturated carbocycles. The second-order valence-corrected chi connectivity index (χ2v) is 4.93. The summed E-state index contributed by atoms with van der Waals surface area (Å²) in [5, 5.41) is 8.77. The molecule has 0 bridgehead atoms. The molecule has 2 rings (SSSR count). The van der Waals surface area contributed by atoms with Gasteiger partial charge in [-0.1, -0.05) is 17.8 Å². The van der Waals surface area contributed by atoms with Crippen molar-refractivity contribution in [1.29, 1.82) is 0 Å². The van der Waals surface area contributed by atoms with Gasteiger partial charge < -0.3 is 5.11 Å². The van der Waals surface area contributed by atoms with E-state index in [0.29, 0.717) is 6.42 Å². The van der Waals surface area contributed by atoms with Crippen LogP contribution in [0.1, 0.15) is 29.6 Å². The molecule has 0 unspecified atom stereocenters. The summed E-state index contributed by atoms with van der Waals surface area (Å²) in [7, 11) is 0. The molecule has 0 heterocycles. The molecule has 1 aromatic carbocycles. The summed E-state index contributed by atoms with van der Waals surface area (Å²) in [4.78, 5) is 23.9. The average Bonchev–Trinajstić information content (AvgIpc) is 2.33. The van der Waals surface area contributed by atoms with E-state index in [1.165, 1.54) is 11.8 Å². The van der Waals surface area contributed by atoms with Crippen LogP contribution in [-0.4, -0.2) is 16.9 Å². The molecule has 0 aromatic heterocycles. The zero-order valence-corrected chi connectivity index (χ0v) is 10.00. The van der Waals surface area contributed by atoms with Gasteiger partial charge in [0.05, 0.1) is 10.5 Å². The van der Waals surface area contributed by atoms with Gasteiger partial charge in [0.25, 0.3) is 0 Å². The summed E-state index contributed by atoms with van der Waals surface area (Å²) in [6.07, 6.45) is 4.45. The van der Waals surface area contributed by atoms with E-state index in [2.05, 4.69) is 0 Å². The van der Waals surface area contributed by atoms with Gasteiger partial charge in [-0.05, 0) is 37.1 Å². The average molecular weight is 248 g/mol. The van der Waals surface area contributed by atoms with Crippen molar-refractivity contribution in [1.82, 2.24) is 0 Å². The zero-order chi connectivity index (χ0) is 12.3. The number of carbonyl (C=O) groups is 2. The van der Waals surface area contributed by atoms with Gasteiger partial charge in [0.1, 0.15) is 0 Å². The molecular weight excluding hydrogens is 236 g/mol. The molecule has 3 nitrogen and oxygen atoms in total. The first kappa shape index (κ1) is 11.9. The van der Waals surface area contributed by atoms with Crippen LogP contribution in [0.2, 0.25) is 0 Å². The zero-order valence-electron chi connectivity index (χ0n) is 9.18. The highest BCUT2D eigenvalue weighted by molar-refractivity contribution is 8.04. The molecule has 17 heavy (non-hydrogen) atoms. The summed E-state index contributed by atoms with van der Waals surface area (Å²) in [5.74, 6) is -0.752. The Balaban J connectivity index is 2.11. The number of hydrogen-bond donors (Lipinski definition) is 1. The molecule has 88 valence electrons. The van der Waals surface area contributed by atoms with E-state index < -0.39 is 5.97 Å². The third-order valence-electron chi connectivity index (χ3n) is 2.54. The summed E-state index contributed by atoms with van der Waals surface area (Å²) < 4.78 is 0. The summed E-state index contributed by atoms with van der Waals surface area (Å²) >= 11 is 1.41. The van der Waals surface area contributed by atoms with Gasteiger partial charge in [0.15, 0.2) is 5.78 Å². The van der Waals surface area contributed by atoms with Crippen LogP contribution in [0.15, 0.2) is 40.1 Å². The first-order valence-corrected chi connectivity index (χ1v) is 6.23. The minimum atomic E-state index is -0.936. The number of Topliss-reactive ketones (excluding diaryl/α,β-unsaturated/α-hetero) is 1. The maximum atomic E-state index is 11.6. The lowest BCUT2D eigenvalue weighted by atomic mass is 10.1. The van der Waals surface area contributed by atoms with Gasteiger partial charge in [-0.2, -0.15) is 0 Å². The lowest BCUT2D eigenvalue weighted by Gasteiger charge is -2.10. The third-order valence-corrected chi connectivity index (χ3v) is 3.66. The molecule has 1 aromatic rings. The van der Waals surface area contributed by atoms with Crippen molar-refractivity contribution in [2.24, 2.45) is 0 Å². The van der Waals surface area contributed by atoms with Crippen molar-refractivity contribution in [3.8, 4) is 0 Å². The van der Waals surface area contributed by atoms with Crippen molar-refractivity contribution in [3.05, 3.63) is 40.8 Å². The van der Waals surface area contributed by atoms with Gasteiger partial charge in [-0.3, -0.25) is 4.79 Å². The molecule has 1 aliphatic rings. The minimum Gasteiger partial charge on any atom is -0.478 e. The van der Waals surface area contributed by atoms with E-state index in [9.17, 15) is 9.59 Å². The highest BCUT2D eigenvalue weighted by atomic mass is 32.2.